The summed E-state index contributed by atoms with van der Waals surface area (Å²) in [7, 11) is 1.59. The Morgan fingerprint density at radius 3 is 2.58 bits per heavy atom. The predicted molar refractivity (Wildman–Crippen MR) is 120 cm³/mol. The van der Waals surface area contributed by atoms with Crippen LogP contribution in [0.1, 0.15) is 15.2 Å². The molecule has 1 aromatic heterocycles. The first-order valence-electron chi connectivity index (χ1n) is 8.91. The molecule has 0 aliphatic rings. The van der Waals surface area contributed by atoms with Gasteiger partial charge in [-0.25, -0.2) is 4.98 Å². The number of ether oxygens (including phenoxy) is 1. The van der Waals surface area contributed by atoms with Crippen molar-refractivity contribution in [3.05, 3.63) is 63.0 Å². The van der Waals surface area contributed by atoms with Crippen molar-refractivity contribution in [2.45, 2.75) is 11.8 Å². The number of thioether (sulfide) groups is 1. The summed E-state index contributed by atoms with van der Waals surface area (Å²) >= 11 is 2.33. The van der Waals surface area contributed by atoms with Gasteiger partial charge in [0, 0.05) is 22.1 Å². The van der Waals surface area contributed by atoms with Gasteiger partial charge in [-0.3, -0.25) is 19.7 Å². The zero-order valence-corrected chi connectivity index (χ0v) is 18.2. The first kappa shape index (κ1) is 22.2. The second-order valence-electron chi connectivity index (χ2n) is 6.29. The number of primary amides is 1. The van der Waals surface area contributed by atoms with Gasteiger partial charge in [0.05, 0.1) is 28.4 Å². The van der Waals surface area contributed by atoms with Crippen LogP contribution in [0.4, 0.5) is 10.8 Å². The molecule has 0 atom stereocenters. The number of nitro groups is 1. The van der Waals surface area contributed by atoms with Gasteiger partial charge in [0.15, 0.2) is 5.13 Å². The molecule has 9 nitrogen and oxygen atoms in total. The highest BCUT2D eigenvalue weighted by molar-refractivity contribution is 8.00. The molecule has 3 N–H and O–H groups in total. The number of nitrogens with two attached hydrogens (primary N) is 1. The number of carbonyl (C=O) groups excluding carboxylic acids is 2. The number of methoxy groups -OCH3 is 1. The standard InChI is InChI=1S/C20H18N4O5S2/c1-11-18(12-3-6-14(29-2)7-4-12)23-20(31-11)22-17(25)10-30-16-8-5-13(19(21)26)9-15(16)24(27)28/h3-9H,10H2,1-2H3,(H2,21,26)(H,22,23,25). The molecular weight excluding hydrogens is 440 g/mol. The van der Waals surface area contributed by atoms with Crippen LogP contribution in [0.25, 0.3) is 11.3 Å². The van der Waals surface area contributed by atoms with Crippen LogP contribution in [-0.2, 0) is 4.79 Å². The number of amides is 2. The molecule has 0 spiro atoms. The topological polar surface area (TPSA) is 137 Å². The molecule has 0 saturated carbocycles. The number of anilines is 1. The molecule has 2 aromatic carbocycles. The molecule has 0 fully saturated rings. The normalized spacial score (nSPS) is 10.5. The van der Waals surface area contributed by atoms with Gasteiger partial charge in [-0.15, -0.1) is 23.1 Å². The van der Waals surface area contributed by atoms with E-state index >= 15 is 0 Å². The Bertz CT molecular complexity index is 1140. The maximum atomic E-state index is 12.4. The number of carbonyl (C=O) groups is 2. The van der Waals surface area contributed by atoms with Gasteiger partial charge < -0.3 is 15.8 Å². The van der Waals surface area contributed by atoms with E-state index in [1.165, 1.54) is 23.5 Å². The fraction of sp³-hybridized carbons (Fsp3) is 0.150. The van der Waals surface area contributed by atoms with Gasteiger partial charge in [0.1, 0.15) is 5.75 Å². The molecule has 0 aliphatic carbocycles. The molecule has 0 aliphatic heterocycles. The molecule has 31 heavy (non-hydrogen) atoms. The Hall–Kier alpha value is -3.44. The van der Waals surface area contributed by atoms with Crippen LogP contribution in [0.5, 0.6) is 5.75 Å². The van der Waals surface area contributed by atoms with Crippen molar-refractivity contribution in [2.24, 2.45) is 5.73 Å². The minimum absolute atomic E-state index is 0.0322. The lowest BCUT2D eigenvalue weighted by atomic mass is 10.1. The lowest BCUT2D eigenvalue weighted by Gasteiger charge is -2.05. The number of aryl methyl sites for hydroxylation is 1. The second-order valence-corrected chi connectivity index (χ2v) is 8.51. The lowest BCUT2D eigenvalue weighted by Crippen LogP contribution is -2.14. The quantitative estimate of drug-likeness (QED) is 0.297. The molecule has 1 heterocycles. The van der Waals surface area contributed by atoms with Crippen molar-refractivity contribution >= 4 is 45.7 Å². The van der Waals surface area contributed by atoms with E-state index in [9.17, 15) is 19.7 Å². The van der Waals surface area contributed by atoms with E-state index in [4.69, 9.17) is 10.5 Å². The average molecular weight is 459 g/mol. The summed E-state index contributed by atoms with van der Waals surface area (Å²) in [4.78, 5) is 39.9. The van der Waals surface area contributed by atoms with E-state index in [0.717, 1.165) is 39.7 Å². The predicted octanol–water partition coefficient (Wildman–Crippen LogP) is 3.87. The van der Waals surface area contributed by atoms with Crippen LogP contribution < -0.4 is 15.8 Å². The van der Waals surface area contributed by atoms with Crippen molar-refractivity contribution in [1.82, 2.24) is 4.98 Å². The zero-order valence-electron chi connectivity index (χ0n) is 16.6. The van der Waals surface area contributed by atoms with Gasteiger partial charge in [-0.1, -0.05) is 0 Å². The van der Waals surface area contributed by atoms with Crippen LogP contribution in [0.3, 0.4) is 0 Å². The Balaban J connectivity index is 1.68. The Morgan fingerprint density at radius 1 is 1.26 bits per heavy atom. The number of rotatable bonds is 8. The molecule has 0 unspecified atom stereocenters. The van der Waals surface area contributed by atoms with E-state index in [1.54, 1.807) is 7.11 Å². The summed E-state index contributed by atoms with van der Waals surface area (Å²) in [6.45, 7) is 1.91. The number of nitro benzene ring substituents is 1. The third kappa shape index (κ3) is 5.38. The van der Waals surface area contributed by atoms with E-state index in [-0.39, 0.29) is 27.8 Å². The minimum Gasteiger partial charge on any atom is -0.497 e. The second kappa shape index (κ2) is 9.58. The minimum atomic E-state index is -0.760. The Kier molecular flexibility index (Phi) is 6.88. The van der Waals surface area contributed by atoms with Crippen LogP contribution in [0, 0.1) is 17.0 Å². The molecule has 0 bridgehead atoms. The van der Waals surface area contributed by atoms with E-state index in [2.05, 4.69) is 10.3 Å². The third-order valence-electron chi connectivity index (χ3n) is 4.21. The molecule has 0 saturated heterocycles. The third-order valence-corrected chi connectivity index (χ3v) is 6.15. The van der Waals surface area contributed by atoms with Gasteiger partial charge in [0.25, 0.3) is 5.69 Å². The van der Waals surface area contributed by atoms with Gasteiger partial charge in [0.2, 0.25) is 11.8 Å². The number of benzene rings is 2. The van der Waals surface area contributed by atoms with Gasteiger partial charge in [-0.2, -0.15) is 0 Å². The first-order valence-corrected chi connectivity index (χ1v) is 10.7. The largest absolute Gasteiger partial charge is 0.497 e. The fourth-order valence-corrected chi connectivity index (χ4v) is 4.36. The van der Waals surface area contributed by atoms with Crippen LogP contribution in [0.2, 0.25) is 0 Å². The lowest BCUT2D eigenvalue weighted by molar-refractivity contribution is -0.387. The highest BCUT2D eigenvalue weighted by atomic mass is 32.2. The first-order chi connectivity index (χ1) is 14.8. The highest BCUT2D eigenvalue weighted by Gasteiger charge is 2.19. The summed E-state index contributed by atoms with van der Waals surface area (Å²) < 4.78 is 5.16. The van der Waals surface area contributed by atoms with Crippen molar-refractivity contribution in [2.75, 3.05) is 18.2 Å². The number of nitrogens with zero attached hydrogens (tertiary/aromatic N) is 2. The summed E-state index contributed by atoms with van der Waals surface area (Å²) in [5, 5.41) is 14.4. The smallest absolute Gasteiger partial charge is 0.283 e. The molecule has 2 amide bonds. The van der Waals surface area contributed by atoms with E-state index in [0.29, 0.717) is 5.13 Å². The number of thiazole rings is 1. The zero-order chi connectivity index (χ0) is 22.5. The summed E-state index contributed by atoms with van der Waals surface area (Å²) in [5.41, 5.74) is 6.58. The maximum Gasteiger partial charge on any atom is 0.283 e. The molecule has 3 rings (SSSR count). The molecular formula is C20H18N4O5S2. The highest BCUT2D eigenvalue weighted by Crippen LogP contribution is 2.33. The SMILES string of the molecule is COc1ccc(-c2nc(NC(=O)CSc3ccc(C(N)=O)cc3[N+](=O)[O-])sc2C)cc1. The summed E-state index contributed by atoms with van der Waals surface area (Å²) in [6.07, 6.45) is 0. The van der Waals surface area contributed by atoms with Crippen molar-refractivity contribution in [3.8, 4) is 17.0 Å². The van der Waals surface area contributed by atoms with Gasteiger partial charge >= 0.3 is 0 Å². The fourth-order valence-electron chi connectivity index (χ4n) is 2.70. The molecule has 3 aromatic rings. The number of hydrogen-bond acceptors (Lipinski definition) is 8. The van der Waals surface area contributed by atoms with E-state index < -0.39 is 10.8 Å². The number of nitrogens with one attached hydrogen (secondary N) is 1. The Labute approximate surface area is 185 Å². The summed E-state index contributed by atoms with van der Waals surface area (Å²) in [5.74, 6) is -0.439. The van der Waals surface area contributed by atoms with Crippen LogP contribution in [-0.4, -0.2) is 34.6 Å². The number of aromatic nitrogens is 1. The van der Waals surface area contributed by atoms with Crippen molar-refractivity contribution in [1.29, 1.82) is 0 Å². The van der Waals surface area contributed by atoms with Crippen LogP contribution in [0.15, 0.2) is 47.4 Å². The van der Waals surface area contributed by atoms with Crippen LogP contribution >= 0.6 is 23.1 Å². The van der Waals surface area contributed by atoms with E-state index in [1.807, 2.05) is 31.2 Å². The average Bonchev–Trinajstić information content (AvgIpc) is 3.11. The van der Waals surface area contributed by atoms with Crippen molar-refractivity contribution < 1.29 is 19.2 Å². The van der Waals surface area contributed by atoms with Gasteiger partial charge in [-0.05, 0) is 43.3 Å². The Morgan fingerprint density at radius 2 is 1.97 bits per heavy atom. The summed E-state index contributed by atoms with van der Waals surface area (Å²) in [6, 6.07) is 11.3. The monoisotopic (exact) mass is 458 g/mol. The molecule has 11 heteroatoms. The maximum absolute atomic E-state index is 12.4. The molecule has 160 valence electrons. The molecule has 0 radical (unpaired) electrons. The van der Waals surface area contributed by atoms with Crippen molar-refractivity contribution in [3.63, 3.8) is 0 Å². The number of hydrogen-bond donors (Lipinski definition) is 2.